The van der Waals surface area contributed by atoms with E-state index in [9.17, 15) is 22.4 Å². The smallest absolute Gasteiger partial charge is 0.422 e. The van der Waals surface area contributed by atoms with Gasteiger partial charge >= 0.3 is 12.1 Å². The Hall–Kier alpha value is -1.31. The average Bonchev–Trinajstić information content (AvgIpc) is 2.25. The Morgan fingerprint density at radius 1 is 1.39 bits per heavy atom. The summed E-state index contributed by atoms with van der Waals surface area (Å²) in [6.07, 6.45) is -4.58. The normalized spacial score (nSPS) is 11.2. The molecule has 0 amide bonds. The van der Waals surface area contributed by atoms with Crippen molar-refractivity contribution in [1.82, 2.24) is 0 Å². The molecule has 0 unspecified atom stereocenters. The van der Waals surface area contributed by atoms with E-state index in [1.54, 1.807) is 0 Å². The Morgan fingerprint density at radius 2 is 2.00 bits per heavy atom. The van der Waals surface area contributed by atoms with Gasteiger partial charge in [-0.1, -0.05) is 0 Å². The van der Waals surface area contributed by atoms with E-state index in [-0.39, 0.29) is 10.0 Å². The predicted octanol–water partition coefficient (Wildman–Crippen LogP) is 3.32. The SMILES string of the molecule is COC(=O)c1cc(F)c(OCC(F)(F)F)c(Br)c1. The maximum Gasteiger partial charge on any atom is 0.422 e. The van der Waals surface area contributed by atoms with Gasteiger partial charge in [-0.05, 0) is 28.1 Å². The Morgan fingerprint density at radius 3 is 2.44 bits per heavy atom. The molecule has 8 heteroatoms. The molecule has 0 fully saturated rings. The summed E-state index contributed by atoms with van der Waals surface area (Å²) in [6, 6.07) is 1.85. The highest BCUT2D eigenvalue weighted by Crippen LogP contribution is 2.31. The van der Waals surface area contributed by atoms with Crippen LogP contribution in [0.25, 0.3) is 0 Å². The third kappa shape index (κ3) is 3.86. The molecule has 3 nitrogen and oxygen atoms in total. The van der Waals surface area contributed by atoms with Crippen LogP contribution in [0.15, 0.2) is 16.6 Å². The van der Waals surface area contributed by atoms with Crippen molar-refractivity contribution in [3.8, 4) is 5.75 Å². The summed E-state index contributed by atoms with van der Waals surface area (Å²) >= 11 is 2.82. The van der Waals surface area contributed by atoms with Crippen LogP contribution in [0.2, 0.25) is 0 Å². The Bertz CT molecular complexity index is 436. The number of halogens is 5. The molecule has 1 aromatic carbocycles. The highest BCUT2D eigenvalue weighted by molar-refractivity contribution is 9.10. The van der Waals surface area contributed by atoms with Crippen molar-refractivity contribution in [3.63, 3.8) is 0 Å². The summed E-state index contributed by atoms with van der Waals surface area (Å²) in [5.41, 5.74) is -0.138. The van der Waals surface area contributed by atoms with Crippen molar-refractivity contribution in [3.05, 3.63) is 28.0 Å². The third-order valence-corrected chi connectivity index (χ3v) is 2.39. The summed E-state index contributed by atoms with van der Waals surface area (Å²) in [4.78, 5) is 11.1. The summed E-state index contributed by atoms with van der Waals surface area (Å²) in [5.74, 6) is -2.51. The van der Waals surface area contributed by atoms with Crippen molar-refractivity contribution >= 4 is 21.9 Å². The zero-order valence-corrected chi connectivity index (χ0v) is 10.6. The first-order valence-corrected chi connectivity index (χ1v) is 5.31. The summed E-state index contributed by atoms with van der Waals surface area (Å²) in [7, 11) is 1.10. The van der Waals surface area contributed by atoms with Crippen molar-refractivity contribution < 1.29 is 31.8 Å². The molecule has 0 heterocycles. The van der Waals surface area contributed by atoms with Crippen LogP contribution in [0.5, 0.6) is 5.75 Å². The minimum absolute atomic E-state index is 0.104. The highest BCUT2D eigenvalue weighted by Gasteiger charge is 2.29. The maximum absolute atomic E-state index is 13.5. The van der Waals surface area contributed by atoms with Gasteiger partial charge < -0.3 is 9.47 Å². The Balaban J connectivity index is 2.98. The fourth-order valence-corrected chi connectivity index (χ4v) is 1.64. The summed E-state index contributed by atoms with van der Waals surface area (Å²) in [5, 5.41) is 0. The van der Waals surface area contributed by atoms with E-state index in [0.717, 1.165) is 19.2 Å². The van der Waals surface area contributed by atoms with Crippen molar-refractivity contribution in [2.45, 2.75) is 6.18 Å². The number of esters is 1. The molecule has 0 aromatic heterocycles. The molecule has 1 aromatic rings. The molecule has 0 aliphatic heterocycles. The van der Waals surface area contributed by atoms with Crippen LogP contribution in [0.3, 0.4) is 0 Å². The van der Waals surface area contributed by atoms with E-state index in [1.165, 1.54) is 0 Å². The number of hydrogen-bond acceptors (Lipinski definition) is 3. The lowest BCUT2D eigenvalue weighted by Crippen LogP contribution is -2.20. The van der Waals surface area contributed by atoms with Crippen molar-refractivity contribution in [2.75, 3.05) is 13.7 Å². The van der Waals surface area contributed by atoms with Crippen LogP contribution in [0.4, 0.5) is 17.6 Å². The van der Waals surface area contributed by atoms with Crippen LogP contribution in [-0.4, -0.2) is 25.9 Å². The Kier molecular flexibility index (Phi) is 4.55. The molecular formula is C10H7BrF4O3. The van der Waals surface area contributed by atoms with Gasteiger partial charge in [-0.2, -0.15) is 13.2 Å². The molecule has 0 aliphatic rings. The van der Waals surface area contributed by atoms with Gasteiger partial charge in [-0.3, -0.25) is 0 Å². The molecule has 0 saturated heterocycles. The molecule has 0 bridgehead atoms. The molecule has 0 spiro atoms. The van der Waals surface area contributed by atoms with Crippen molar-refractivity contribution in [2.24, 2.45) is 0 Å². The second-order valence-corrected chi connectivity index (χ2v) is 4.02. The van der Waals surface area contributed by atoms with Gasteiger partial charge in [0.25, 0.3) is 0 Å². The van der Waals surface area contributed by atoms with Gasteiger partial charge in [0, 0.05) is 0 Å². The topological polar surface area (TPSA) is 35.5 Å². The van der Waals surface area contributed by atoms with E-state index < -0.39 is 30.3 Å². The molecule has 18 heavy (non-hydrogen) atoms. The van der Waals surface area contributed by atoms with E-state index in [2.05, 4.69) is 25.4 Å². The largest absolute Gasteiger partial charge is 0.480 e. The van der Waals surface area contributed by atoms with Gasteiger partial charge in [-0.15, -0.1) is 0 Å². The molecule has 100 valence electrons. The van der Waals surface area contributed by atoms with Crippen molar-refractivity contribution in [1.29, 1.82) is 0 Å². The molecular weight excluding hydrogens is 324 g/mol. The number of rotatable bonds is 3. The first-order valence-electron chi connectivity index (χ1n) is 4.51. The van der Waals surface area contributed by atoms with Crippen LogP contribution in [0.1, 0.15) is 10.4 Å². The van der Waals surface area contributed by atoms with Crippen LogP contribution < -0.4 is 4.74 Å². The lowest BCUT2D eigenvalue weighted by Gasteiger charge is -2.12. The standard InChI is InChI=1S/C10H7BrF4O3/c1-17-9(16)5-2-6(11)8(7(12)3-5)18-4-10(13,14)15/h2-3H,4H2,1H3. The van der Waals surface area contributed by atoms with Gasteiger partial charge in [-0.25, -0.2) is 9.18 Å². The number of carbonyl (C=O) groups excluding carboxylic acids is 1. The molecule has 0 saturated carbocycles. The average molecular weight is 331 g/mol. The maximum atomic E-state index is 13.5. The van der Waals surface area contributed by atoms with Crippen LogP contribution in [-0.2, 0) is 4.74 Å². The molecule has 0 N–H and O–H groups in total. The molecule has 0 radical (unpaired) electrons. The van der Waals surface area contributed by atoms with E-state index in [0.29, 0.717) is 0 Å². The number of methoxy groups -OCH3 is 1. The number of hydrogen-bond donors (Lipinski definition) is 0. The van der Waals surface area contributed by atoms with Gasteiger partial charge in [0.2, 0.25) is 0 Å². The van der Waals surface area contributed by atoms with Gasteiger partial charge in [0.1, 0.15) is 0 Å². The first-order chi connectivity index (χ1) is 8.24. The third-order valence-electron chi connectivity index (χ3n) is 1.80. The first kappa shape index (κ1) is 14.7. The Labute approximate surface area is 108 Å². The number of ether oxygens (including phenoxy) is 2. The zero-order valence-electron chi connectivity index (χ0n) is 8.98. The minimum atomic E-state index is -4.58. The summed E-state index contributed by atoms with van der Waals surface area (Å²) < 4.78 is 57.8. The fourth-order valence-electron chi connectivity index (χ4n) is 1.09. The quantitative estimate of drug-likeness (QED) is 0.630. The van der Waals surface area contributed by atoms with Crippen LogP contribution >= 0.6 is 15.9 Å². The van der Waals surface area contributed by atoms with E-state index in [1.807, 2.05) is 0 Å². The highest BCUT2D eigenvalue weighted by atomic mass is 79.9. The predicted molar refractivity (Wildman–Crippen MR) is 57.0 cm³/mol. The van der Waals surface area contributed by atoms with Crippen LogP contribution in [0, 0.1) is 5.82 Å². The monoisotopic (exact) mass is 330 g/mol. The molecule has 1 rings (SSSR count). The lowest BCUT2D eigenvalue weighted by molar-refractivity contribution is -0.153. The van der Waals surface area contributed by atoms with Gasteiger partial charge in [0.15, 0.2) is 18.2 Å². The lowest BCUT2D eigenvalue weighted by atomic mass is 10.2. The second kappa shape index (κ2) is 5.55. The number of benzene rings is 1. The zero-order chi connectivity index (χ0) is 13.9. The number of carbonyl (C=O) groups is 1. The minimum Gasteiger partial charge on any atom is -0.480 e. The second-order valence-electron chi connectivity index (χ2n) is 3.16. The molecule has 0 atom stereocenters. The number of alkyl halides is 3. The summed E-state index contributed by atoms with van der Waals surface area (Å²) in [6.45, 7) is -1.62. The van der Waals surface area contributed by atoms with E-state index in [4.69, 9.17) is 0 Å². The van der Waals surface area contributed by atoms with Gasteiger partial charge in [0.05, 0.1) is 17.1 Å². The fraction of sp³-hybridized carbons (Fsp3) is 0.300. The van der Waals surface area contributed by atoms with E-state index >= 15 is 0 Å². The molecule has 0 aliphatic carbocycles.